The van der Waals surface area contributed by atoms with Crippen molar-refractivity contribution in [2.75, 3.05) is 0 Å². The molecule has 1 N–H and O–H groups in total. The number of aliphatic hydroxyl groups excluding tert-OH is 1. The molecule has 0 saturated heterocycles. The Balaban J connectivity index is 1.82. The minimum absolute atomic E-state index is 0.195. The van der Waals surface area contributed by atoms with Gasteiger partial charge in [0.25, 0.3) is 0 Å². The molecule has 2 aromatic rings. The minimum atomic E-state index is -0.436. The second-order valence-electron chi connectivity index (χ2n) is 6.55. The van der Waals surface area contributed by atoms with Gasteiger partial charge in [-0.25, -0.2) is 4.98 Å². The average molecular weight is 266 g/mol. The monoisotopic (exact) mass is 266 g/mol. The molecule has 0 spiro atoms. The molecule has 2 heterocycles. The Hall–Kier alpha value is -1.74. The molecule has 1 fully saturated rings. The first-order valence-corrected chi connectivity index (χ1v) is 7.19. The van der Waals surface area contributed by atoms with Crippen LogP contribution < -0.4 is 0 Å². The Labute approximate surface area is 118 Å². The van der Waals surface area contributed by atoms with Crippen LogP contribution in [0.3, 0.4) is 0 Å². The Morgan fingerprint density at radius 3 is 2.70 bits per heavy atom. The summed E-state index contributed by atoms with van der Waals surface area (Å²) in [5.41, 5.74) is 4.00. The predicted molar refractivity (Wildman–Crippen MR) is 77.1 cm³/mol. The largest absolute Gasteiger partial charge is 0.386 e. The van der Waals surface area contributed by atoms with Gasteiger partial charge in [0.1, 0.15) is 0 Å². The third kappa shape index (κ3) is 1.44. The summed E-state index contributed by atoms with van der Waals surface area (Å²) in [6.45, 7) is 4.51. The Morgan fingerprint density at radius 1 is 1.15 bits per heavy atom. The van der Waals surface area contributed by atoms with Crippen LogP contribution in [-0.4, -0.2) is 15.1 Å². The summed E-state index contributed by atoms with van der Waals surface area (Å²) in [4.78, 5) is 9.04. The van der Waals surface area contributed by atoms with Crippen molar-refractivity contribution in [3.05, 3.63) is 47.8 Å². The number of hydrogen-bond acceptors (Lipinski definition) is 3. The summed E-state index contributed by atoms with van der Waals surface area (Å²) >= 11 is 0. The molecule has 102 valence electrons. The van der Waals surface area contributed by atoms with E-state index in [2.05, 4.69) is 24.9 Å². The van der Waals surface area contributed by atoms with E-state index < -0.39 is 6.10 Å². The summed E-state index contributed by atoms with van der Waals surface area (Å²) in [6.07, 6.45) is 2.42. The SMILES string of the molecule is CC1(C)[C@@H]2C[C@H]1[C@H](O)c1nc(-c3ccccn3)ccc12. The number of aromatic nitrogens is 2. The molecule has 3 aliphatic rings. The summed E-state index contributed by atoms with van der Waals surface area (Å²) in [5, 5.41) is 10.6. The number of nitrogens with zero attached hydrogens (tertiary/aromatic N) is 2. The summed E-state index contributed by atoms with van der Waals surface area (Å²) < 4.78 is 0. The van der Waals surface area contributed by atoms with Crippen molar-refractivity contribution in [3.63, 3.8) is 0 Å². The van der Waals surface area contributed by atoms with Gasteiger partial charge < -0.3 is 5.11 Å². The van der Waals surface area contributed by atoms with Crippen molar-refractivity contribution in [1.82, 2.24) is 9.97 Å². The first-order valence-electron chi connectivity index (χ1n) is 7.19. The van der Waals surface area contributed by atoms with E-state index in [0.717, 1.165) is 23.5 Å². The molecule has 3 atom stereocenters. The molecule has 2 aromatic heterocycles. The lowest BCUT2D eigenvalue weighted by molar-refractivity contribution is -0.0836. The first-order chi connectivity index (χ1) is 9.59. The summed E-state index contributed by atoms with van der Waals surface area (Å²) in [7, 11) is 0. The Kier molecular flexibility index (Phi) is 2.34. The summed E-state index contributed by atoms with van der Waals surface area (Å²) in [5.74, 6) is 0.877. The van der Waals surface area contributed by atoms with Gasteiger partial charge in [0, 0.05) is 6.20 Å². The van der Waals surface area contributed by atoms with E-state index in [1.54, 1.807) is 6.20 Å². The zero-order valence-corrected chi connectivity index (χ0v) is 11.7. The molecule has 0 aromatic carbocycles. The van der Waals surface area contributed by atoms with Crippen molar-refractivity contribution in [2.24, 2.45) is 11.3 Å². The van der Waals surface area contributed by atoms with Crippen LogP contribution in [0.4, 0.5) is 0 Å². The van der Waals surface area contributed by atoms with Gasteiger partial charge in [-0.2, -0.15) is 0 Å². The van der Waals surface area contributed by atoms with Crippen LogP contribution in [0.25, 0.3) is 11.4 Å². The fourth-order valence-corrected chi connectivity index (χ4v) is 3.89. The molecule has 0 amide bonds. The molecule has 5 rings (SSSR count). The van der Waals surface area contributed by atoms with Crippen LogP contribution in [-0.2, 0) is 0 Å². The smallest absolute Gasteiger partial charge is 0.0996 e. The first kappa shape index (κ1) is 12.0. The quantitative estimate of drug-likeness (QED) is 0.861. The highest BCUT2D eigenvalue weighted by atomic mass is 16.3. The maximum Gasteiger partial charge on any atom is 0.0996 e. The van der Waals surface area contributed by atoms with Crippen LogP contribution in [0.1, 0.15) is 43.5 Å². The highest BCUT2D eigenvalue weighted by molar-refractivity contribution is 5.56. The van der Waals surface area contributed by atoms with Gasteiger partial charge in [0.15, 0.2) is 0 Å². The highest BCUT2D eigenvalue weighted by Crippen LogP contribution is 2.65. The highest BCUT2D eigenvalue weighted by Gasteiger charge is 2.57. The van der Waals surface area contributed by atoms with Crippen LogP contribution in [0.5, 0.6) is 0 Å². The van der Waals surface area contributed by atoms with Gasteiger partial charge in [0.05, 0.1) is 23.2 Å². The number of rotatable bonds is 1. The normalized spacial score (nSPS) is 29.4. The van der Waals surface area contributed by atoms with Crippen molar-refractivity contribution in [2.45, 2.75) is 32.3 Å². The lowest BCUT2D eigenvalue weighted by atomic mass is 9.47. The fraction of sp³-hybridized carbons (Fsp3) is 0.412. The lowest BCUT2D eigenvalue weighted by Crippen LogP contribution is -2.50. The lowest BCUT2D eigenvalue weighted by Gasteiger charge is -2.58. The van der Waals surface area contributed by atoms with Gasteiger partial charge in [-0.1, -0.05) is 26.0 Å². The third-order valence-electron chi connectivity index (χ3n) is 5.26. The van der Waals surface area contributed by atoms with Gasteiger partial charge in [-0.05, 0) is 47.4 Å². The standard InChI is InChI=1S/C17H18N2O/c1-17(2)11-9-12(17)16(20)15-10(11)6-7-14(19-15)13-5-3-4-8-18-13/h3-8,11-12,16,20H,9H2,1-2H3/t11-,12+,16+/m1/s1. The number of pyridine rings is 2. The molecule has 0 aliphatic heterocycles. The number of hydrogen-bond donors (Lipinski definition) is 1. The third-order valence-corrected chi connectivity index (χ3v) is 5.26. The maximum atomic E-state index is 10.6. The molecule has 1 saturated carbocycles. The van der Waals surface area contributed by atoms with Crippen molar-refractivity contribution < 1.29 is 5.11 Å². The van der Waals surface area contributed by atoms with E-state index >= 15 is 0 Å². The topological polar surface area (TPSA) is 46.0 Å². The van der Waals surface area contributed by atoms with Crippen molar-refractivity contribution >= 4 is 0 Å². The van der Waals surface area contributed by atoms with E-state index in [1.165, 1.54) is 5.56 Å². The zero-order chi connectivity index (χ0) is 13.9. The van der Waals surface area contributed by atoms with Crippen LogP contribution >= 0.6 is 0 Å². The summed E-state index contributed by atoms with van der Waals surface area (Å²) in [6, 6.07) is 9.98. The molecule has 20 heavy (non-hydrogen) atoms. The van der Waals surface area contributed by atoms with Crippen molar-refractivity contribution in [3.8, 4) is 11.4 Å². The molecule has 0 radical (unpaired) electrons. The van der Waals surface area contributed by atoms with Gasteiger partial charge in [-0.15, -0.1) is 0 Å². The fourth-order valence-electron chi connectivity index (χ4n) is 3.89. The molecule has 3 heteroatoms. The second-order valence-corrected chi connectivity index (χ2v) is 6.55. The average Bonchev–Trinajstić information content (AvgIpc) is 2.47. The number of aliphatic hydroxyl groups is 1. The molecule has 0 unspecified atom stereocenters. The van der Waals surface area contributed by atoms with Crippen molar-refractivity contribution in [1.29, 1.82) is 0 Å². The Morgan fingerprint density at radius 2 is 2.00 bits per heavy atom. The maximum absolute atomic E-state index is 10.6. The molecule has 3 nitrogen and oxygen atoms in total. The molecular formula is C17H18N2O. The van der Waals surface area contributed by atoms with Gasteiger partial charge in [-0.3, -0.25) is 4.98 Å². The van der Waals surface area contributed by atoms with E-state index in [1.807, 2.05) is 24.3 Å². The molecule has 3 aliphatic carbocycles. The van der Waals surface area contributed by atoms with E-state index in [4.69, 9.17) is 4.98 Å². The second kappa shape index (κ2) is 3.89. The predicted octanol–water partition coefficient (Wildman–Crippen LogP) is 3.32. The minimum Gasteiger partial charge on any atom is -0.386 e. The van der Waals surface area contributed by atoms with Crippen LogP contribution in [0.15, 0.2) is 36.5 Å². The Bertz CT molecular complexity index is 666. The van der Waals surface area contributed by atoms with Gasteiger partial charge >= 0.3 is 0 Å². The van der Waals surface area contributed by atoms with Gasteiger partial charge in [0.2, 0.25) is 0 Å². The van der Waals surface area contributed by atoms with E-state index in [0.29, 0.717) is 11.8 Å². The zero-order valence-electron chi connectivity index (χ0n) is 11.7. The molecule has 2 bridgehead atoms. The van der Waals surface area contributed by atoms with Crippen LogP contribution in [0, 0.1) is 11.3 Å². The van der Waals surface area contributed by atoms with E-state index in [9.17, 15) is 5.11 Å². The molecular weight excluding hydrogens is 248 g/mol. The van der Waals surface area contributed by atoms with Crippen LogP contribution in [0.2, 0.25) is 0 Å². The van der Waals surface area contributed by atoms with E-state index in [-0.39, 0.29) is 5.41 Å².